The van der Waals surface area contributed by atoms with Gasteiger partial charge >= 0.3 is 5.97 Å². The average Bonchev–Trinajstić information content (AvgIpc) is 3.09. The summed E-state index contributed by atoms with van der Waals surface area (Å²) in [7, 11) is 0. The summed E-state index contributed by atoms with van der Waals surface area (Å²) in [4.78, 5) is 31.4. The van der Waals surface area contributed by atoms with Gasteiger partial charge in [0.1, 0.15) is 0 Å². The Hall–Kier alpha value is -3.06. The number of aromatic nitrogens is 2. The van der Waals surface area contributed by atoms with E-state index in [1.54, 1.807) is 24.0 Å². The summed E-state index contributed by atoms with van der Waals surface area (Å²) < 4.78 is 0. The lowest BCUT2D eigenvalue weighted by Crippen LogP contribution is -2.14. The van der Waals surface area contributed by atoms with Crippen molar-refractivity contribution in [2.45, 2.75) is 12.8 Å². The number of hydrogen-bond acceptors (Lipinski definition) is 5. The zero-order valence-electron chi connectivity index (χ0n) is 13.2. The van der Waals surface area contributed by atoms with Crippen LogP contribution in [0.25, 0.3) is 11.3 Å². The lowest BCUT2D eigenvalue weighted by Gasteiger charge is -2.06. The van der Waals surface area contributed by atoms with Crippen LogP contribution >= 0.6 is 11.3 Å². The zero-order valence-corrected chi connectivity index (χ0v) is 14.0. The fourth-order valence-electron chi connectivity index (χ4n) is 2.32. The quantitative estimate of drug-likeness (QED) is 0.708. The summed E-state index contributed by atoms with van der Waals surface area (Å²) in [6, 6.07) is 7.78. The first-order valence-corrected chi connectivity index (χ1v) is 8.52. The van der Waals surface area contributed by atoms with Crippen molar-refractivity contribution in [3.05, 3.63) is 64.7 Å². The lowest BCUT2D eigenvalue weighted by molar-refractivity contribution is -0.116. The van der Waals surface area contributed by atoms with Gasteiger partial charge < -0.3 is 10.4 Å². The van der Waals surface area contributed by atoms with Crippen LogP contribution in [-0.4, -0.2) is 27.0 Å². The van der Waals surface area contributed by atoms with Crippen LogP contribution in [0, 0.1) is 0 Å². The van der Waals surface area contributed by atoms with Gasteiger partial charge in [-0.15, -0.1) is 11.3 Å². The molecule has 6 nitrogen and oxygen atoms in total. The van der Waals surface area contributed by atoms with Gasteiger partial charge in [0.15, 0.2) is 0 Å². The van der Waals surface area contributed by atoms with Crippen LogP contribution in [0.1, 0.15) is 22.3 Å². The highest BCUT2D eigenvalue weighted by molar-refractivity contribution is 7.08. The Bertz CT molecular complexity index is 876. The maximum Gasteiger partial charge on any atom is 0.338 e. The predicted octanol–water partition coefficient (Wildman–Crippen LogP) is 3.47. The Labute approximate surface area is 148 Å². The van der Waals surface area contributed by atoms with Crippen molar-refractivity contribution in [1.82, 2.24) is 9.97 Å². The van der Waals surface area contributed by atoms with Crippen molar-refractivity contribution in [2.24, 2.45) is 0 Å². The second kappa shape index (κ2) is 7.67. The zero-order chi connectivity index (χ0) is 17.6. The van der Waals surface area contributed by atoms with Crippen LogP contribution in [0.4, 0.5) is 5.69 Å². The molecule has 126 valence electrons. The van der Waals surface area contributed by atoms with Gasteiger partial charge in [0, 0.05) is 35.1 Å². The van der Waals surface area contributed by atoms with Gasteiger partial charge in [-0.3, -0.25) is 14.8 Å². The van der Waals surface area contributed by atoms with Gasteiger partial charge in [-0.1, -0.05) is 24.3 Å². The summed E-state index contributed by atoms with van der Waals surface area (Å²) in [5.74, 6) is -1.25. The number of carboxylic acids is 1. The van der Waals surface area contributed by atoms with Gasteiger partial charge in [-0.25, -0.2) is 4.79 Å². The molecule has 0 bridgehead atoms. The van der Waals surface area contributed by atoms with Crippen molar-refractivity contribution in [1.29, 1.82) is 0 Å². The summed E-state index contributed by atoms with van der Waals surface area (Å²) in [6.07, 6.45) is 5.81. The number of anilines is 1. The molecule has 0 saturated heterocycles. The molecule has 3 aromatic rings. The third kappa shape index (κ3) is 4.27. The molecule has 1 aromatic carbocycles. The minimum atomic E-state index is -1.05. The second-order valence-corrected chi connectivity index (χ2v) is 6.08. The van der Waals surface area contributed by atoms with Gasteiger partial charge in [0.25, 0.3) is 0 Å². The molecular formula is C18H15N3O3S. The van der Waals surface area contributed by atoms with Gasteiger partial charge in [-0.2, -0.15) is 0 Å². The van der Waals surface area contributed by atoms with Crippen molar-refractivity contribution in [2.75, 3.05) is 5.32 Å². The van der Waals surface area contributed by atoms with Crippen molar-refractivity contribution < 1.29 is 14.7 Å². The summed E-state index contributed by atoms with van der Waals surface area (Å²) >= 11 is 1.24. The molecule has 2 heterocycles. The number of carbonyl (C=O) groups is 2. The highest BCUT2D eigenvalue weighted by Crippen LogP contribution is 2.21. The van der Waals surface area contributed by atoms with E-state index in [0.29, 0.717) is 12.1 Å². The number of nitrogens with zero attached hydrogens (tertiary/aromatic N) is 2. The molecule has 1 amide bonds. The van der Waals surface area contributed by atoms with Crippen LogP contribution in [0.3, 0.4) is 0 Å². The third-order valence-electron chi connectivity index (χ3n) is 3.62. The Morgan fingerprint density at radius 2 is 1.92 bits per heavy atom. The Morgan fingerprint density at radius 3 is 2.60 bits per heavy atom. The topological polar surface area (TPSA) is 92.2 Å². The number of amides is 1. The molecule has 0 saturated carbocycles. The molecule has 0 radical (unpaired) electrons. The normalized spacial score (nSPS) is 10.4. The Kier molecular flexibility index (Phi) is 5.15. The van der Waals surface area contributed by atoms with E-state index in [2.05, 4.69) is 15.3 Å². The van der Waals surface area contributed by atoms with E-state index in [1.165, 1.54) is 16.7 Å². The molecule has 2 N–H and O–H groups in total. The number of aromatic carboxylic acids is 1. The van der Waals surface area contributed by atoms with Crippen molar-refractivity contribution >= 4 is 28.9 Å². The lowest BCUT2D eigenvalue weighted by atomic mass is 10.1. The van der Waals surface area contributed by atoms with Crippen LogP contribution in [0.15, 0.2) is 53.6 Å². The smallest absolute Gasteiger partial charge is 0.338 e. The molecule has 25 heavy (non-hydrogen) atoms. The minimum absolute atomic E-state index is 0.117. The van der Waals surface area contributed by atoms with E-state index in [0.717, 1.165) is 16.8 Å². The van der Waals surface area contributed by atoms with Crippen LogP contribution < -0.4 is 5.32 Å². The highest BCUT2D eigenvalue weighted by atomic mass is 32.1. The molecule has 0 fully saturated rings. The monoisotopic (exact) mass is 353 g/mol. The molecule has 2 aromatic heterocycles. The second-order valence-electron chi connectivity index (χ2n) is 5.34. The van der Waals surface area contributed by atoms with Crippen molar-refractivity contribution in [3.8, 4) is 11.3 Å². The van der Waals surface area contributed by atoms with E-state index in [1.807, 2.05) is 24.3 Å². The van der Waals surface area contributed by atoms with Crippen LogP contribution in [0.2, 0.25) is 0 Å². The number of carbonyl (C=O) groups excluding carboxylic acids is 1. The molecule has 0 aliphatic heterocycles. The molecule has 0 atom stereocenters. The summed E-state index contributed by atoms with van der Waals surface area (Å²) in [5.41, 5.74) is 3.25. The van der Waals surface area contributed by atoms with E-state index < -0.39 is 5.97 Å². The number of aryl methyl sites for hydroxylation is 1. The molecule has 3 rings (SSSR count). The van der Waals surface area contributed by atoms with Crippen LogP contribution in [0.5, 0.6) is 0 Å². The largest absolute Gasteiger partial charge is 0.478 e. The van der Waals surface area contributed by atoms with Gasteiger partial charge in [0.2, 0.25) is 5.91 Å². The maximum absolute atomic E-state index is 12.0. The van der Waals surface area contributed by atoms with E-state index in [9.17, 15) is 9.59 Å². The fraction of sp³-hybridized carbons (Fsp3) is 0.111. The number of hydrogen-bond donors (Lipinski definition) is 2. The first kappa shape index (κ1) is 16.8. The Morgan fingerprint density at radius 1 is 1.12 bits per heavy atom. The minimum Gasteiger partial charge on any atom is -0.478 e. The standard InChI is InChI=1S/C18H15N3O3S/c22-17(21-16-11-25-10-14(16)18(23)24)6-3-12-1-4-13(5-2-12)15-9-19-7-8-20-15/h1-2,4-5,7-11H,3,6H2,(H,21,22)(H,23,24). The number of thiophene rings is 1. The van der Waals surface area contributed by atoms with E-state index >= 15 is 0 Å². The fourth-order valence-corrected chi connectivity index (χ4v) is 3.07. The average molecular weight is 353 g/mol. The predicted molar refractivity (Wildman–Crippen MR) is 95.7 cm³/mol. The number of benzene rings is 1. The third-order valence-corrected chi connectivity index (χ3v) is 4.36. The van der Waals surface area contributed by atoms with Crippen molar-refractivity contribution in [3.63, 3.8) is 0 Å². The van der Waals surface area contributed by atoms with Crippen LogP contribution in [-0.2, 0) is 11.2 Å². The number of rotatable bonds is 6. The Balaban J connectivity index is 1.57. The summed E-state index contributed by atoms with van der Waals surface area (Å²) in [6.45, 7) is 0. The maximum atomic E-state index is 12.0. The molecular weight excluding hydrogens is 338 g/mol. The molecule has 0 aliphatic carbocycles. The van der Waals surface area contributed by atoms with Gasteiger partial charge in [-0.05, 0) is 12.0 Å². The first-order valence-electron chi connectivity index (χ1n) is 7.58. The van der Waals surface area contributed by atoms with E-state index in [-0.39, 0.29) is 17.9 Å². The number of nitrogens with one attached hydrogen (secondary N) is 1. The molecule has 7 heteroatoms. The molecule has 0 aliphatic rings. The molecule has 0 unspecified atom stereocenters. The SMILES string of the molecule is O=C(CCc1ccc(-c2cnccn2)cc1)Nc1cscc1C(=O)O. The molecule has 0 spiro atoms. The highest BCUT2D eigenvalue weighted by Gasteiger charge is 2.13. The first-order chi connectivity index (χ1) is 12.1. The number of carboxylic acid groups (broad SMARTS) is 1. The summed E-state index contributed by atoms with van der Waals surface area (Å²) in [5, 5.41) is 14.8. The van der Waals surface area contributed by atoms with Gasteiger partial charge in [0.05, 0.1) is 23.1 Å². The van der Waals surface area contributed by atoms with E-state index in [4.69, 9.17) is 5.11 Å².